The molecule has 1 aromatic heterocycles. The molecule has 1 unspecified atom stereocenters. The molecular formula is C12H13FN4O2. The van der Waals surface area contributed by atoms with Crippen molar-refractivity contribution in [2.45, 2.75) is 13.0 Å². The van der Waals surface area contributed by atoms with E-state index in [0.717, 1.165) is 11.8 Å². The van der Waals surface area contributed by atoms with Gasteiger partial charge >= 0.3 is 0 Å². The maximum atomic E-state index is 13.7. The first kappa shape index (κ1) is 13.0. The summed E-state index contributed by atoms with van der Waals surface area (Å²) in [4.78, 5) is 9.90. The normalized spacial score (nSPS) is 12.2. The second-order valence-corrected chi connectivity index (χ2v) is 4.17. The second-order valence-electron chi connectivity index (χ2n) is 4.17. The molecule has 0 saturated heterocycles. The average molecular weight is 264 g/mol. The summed E-state index contributed by atoms with van der Waals surface area (Å²) in [5.74, 6) is -0.650. The van der Waals surface area contributed by atoms with E-state index in [4.69, 9.17) is 0 Å². The first-order chi connectivity index (χ1) is 8.99. The lowest BCUT2D eigenvalue weighted by atomic mass is 10.2. The molecule has 0 spiro atoms. The number of aryl methyl sites for hydroxylation is 1. The third-order valence-corrected chi connectivity index (χ3v) is 2.84. The van der Waals surface area contributed by atoms with Gasteiger partial charge in [0.25, 0.3) is 5.69 Å². The monoisotopic (exact) mass is 264 g/mol. The summed E-state index contributed by atoms with van der Waals surface area (Å²) in [6.07, 6.45) is 1.65. The molecule has 2 rings (SSSR count). The van der Waals surface area contributed by atoms with Crippen LogP contribution in [0.5, 0.6) is 0 Å². The average Bonchev–Trinajstić information content (AvgIpc) is 2.77. The summed E-state index contributed by atoms with van der Waals surface area (Å²) in [5, 5.41) is 17.5. The molecule has 0 aliphatic heterocycles. The fraction of sp³-hybridized carbons (Fsp3) is 0.250. The van der Waals surface area contributed by atoms with Gasteiger partial charge in [-0.2, -0.15) is 5.10 Å². The molecule has 0 bridgehead atoms. The number of non-ortho nitro benzene ring substituents is 1. The highest BCUT2D eigenvalue weighted by Crippen LogP contribution is 2.24. The molecule has 0 radical (unpaired) electrons. The molecule has 1 atom stereocenters. The van der Waals surface area contributed by atoms with Crippen molar-refractivity contribution in [3.8, 4) is 0 Å². The van der Waals surface area contributed by atoms with Gasteiger partial charge in [0.2, 0.25) is 0 Å². The number of nitrogens with one attached hydrogen (secondary N) is 1. The third kappa shape index (κ3) is 2.70. The number of nitrogens with zero attached hydrogens (tertiary/aromatic N) is 3. The molecule has 2 aromatic rings. The largest absolute Gasteiger partial charge is 0.375 e. The van der Waals surface area contributed by atoms with Crippen LogP contribution in [-0.2, 0) is 7.05 Å². The lowest BCUT2D eigenvalue weighted by Gasteiger charge is -2.15. The molecule has 1 heterocycles. The van der Waals surface area contributed by atoms with Crippen molar-refractivity contribution in [2.75, 3.05) is 5.32 Å². The van der Waals surface area contributed by atoms with E-state index in [9.17, 15) is 14.5 Å². The topological polar surface area (TPSA) is 73.0 Å². The summed E-state index contributed by atoms with van der Waals surface area (Å²) in [6, 6.07) is 5.18. The number of aromatic nitrogens is 2. The van der Waals surface area contributed by atoms with E-state index in [-0.39, 0.29) is 17.4 Å². The van der Waals surface area contributed by atoms with Crippen LogP contribution >= 0.6 is 0 Å². The quantitative estimate of drug-likeness (QED) is 0.680. The Labute approximate surface area is 109 Å². The number of rotatable bonds is 4. The Kier molecular flexibility index (Phi) is 3.46. The Morgan fingerprint density at radius 2 is 2.21 bits per heavy atom. The van der Waals surface area contributed by atoms with Crippen molar-refractivity contribution < 1.29 is 9.31 Å². The molecule has 1 N–H and O–H groups in total. The van der Waals surface area contributed by atoms with Crippen LogP contribution in [0.2, 0.25) is 0 Å². The van der Waals surface area contributed by atoms with Gasteiger partial charge in [-0.15, -0.1) is 0 Å². The first-order valence-corrected chi connectivity index (χ1v) is 5.67. The van der Waals surface area contributed by atoms with Crippen LogP contribution in [0.3, 0.4) is 0 Å². The molecule has 19 heavy (non-hydrogen) atoms. The highest BCUT2D eigenvalue weighted by atomic mass is 19.1. The number of halogens is 1. The lowest BCUT2D eigenvalue weighted by molar-refractivity contribution is -0.385. The minimum atomic E-state index is -0.650. The van der Waals surface area contributed by atoms with Crippen molar-refractivity contribution >= 4 is 11.4 Å². The highest BCUT2D eigenvalue weighted by molar-refractivity contribution is 5.51. The van der Waals surface area contributed by atoms with Gasteiger partial charge in [0.15, 0.2) is 5.82 Å². The van der Waals surface area contributed by atoms with E-state index < -0.39 is 10.7 Å². The van der Waals surface area contributed by atoms with Gasteiger partial charge in [-0.25, -0.2) is 4.39 Å². The summed E-state index contributed by atoms with van der Waals surface area (Å²) < 4.78 is 15.4. The molecule has 0 saturated carbocycles. The van der Waals surface area contributed by atoms with Crippen LogP contribution in [-0.4, -0.2) is 14.7 Å². The second kappa shape index (κ2) is 5.05. The van der Waals surface area contributed by atoms with Gasteiger partial charge in [-0.05, 0) is 19.1 Å². The van der Waals surface area contributed by atoms with Crippen molar-refractivity contribution in [1.82, 2.24) is 9.78 Å². The summed E-state index contributed by atoms with van der Waals surface area (Å²) in [7, 11) is 1.79. The fourth-order valence-electron chi connectivity index (χ4n) is 1.85. The molecule has 1 aromatic carbocycles. The van der Waals surface area contributed by atoms with Crippen LogP contribution in [0.15, 0.2) is 30.5 Å². The third-order valence-electron chi connectivity index (χ3n) is 2.84. The predicted molar refractivity (Wildman–Crippen MR) is 68.3 cm³/mol. The van der Waals surface area contributed by atoms with Crippen LogP contribution < -0.4 is 5.32 Å². The number of hydrogen-bond donors (Lipinski definition) is 1. The molecular weight excluding hydrogens is 251 g/mol. The Bertz CT molecular complexity index is 612. The van der Waals surface area contributed by atoms with Crippen LogP contribution in [0.25, 0.3) is 0 Å². The zero-order valence-electron chi connectivity index (χ0n) is 10.5. The fourth-order valence-corrected chi connectivity index (χ4v) is 1.85. The minimum Gasteiger partial charge on any atom is -0.375 e. The standard InChI is InChI=1S/C12H13FN4O2/c1-8(12-5-6-14-16(12)2)15-11-4-3-9(17(18)19)7-10(11)13/h3-8,15H,1-2H3. The smallest absolute Gasteiger partial charge is 0.272 e. The van der Waals surface area contributed by atoms with Gasteiger partial charge in [-0.3, -0.25) is 14.8 Å². The maximum Gasteiger partial charge on any atom is 0.272 e. The van der Waals surface area contributed by atoms with Crippen LogP contribution in [0.1, 0.15) is 18.7 Å². The van der Waals surface area contributed by atoms with Gasteiger partial charge in [0, 0.05) is 19.3 Å². The van der Waals surface area contributed by atoms with Gasteiger partial charge in [-0.1, -0.05) is 0 Å². The van der Waals surface area contributed by atoms with Gasteiger partial charge < -0.3 is 5.32 Å². The van der Waals surface area contributed by atoms with E-state index in [1.165, 1.54) is 12.1 Å². The van der Waals surface area contributed by atoms with Gasteiger partial charge in [0.05, 0.1) is 28.4 Å². The number of benzene rings is 1. The molecule has 0 amide bonds. The Morgan fingerprint density at radius 1 is 1.47 bits per heavy atom. The number of anilines is 1. The van der Waals surface area contributed by atoms with E-state index in [2.05, 4.69) is 10.4 Å². The van der Waals surface area contributed by atoms with E-state index in [1.807, 2.05) is 13.0 Å². The van der Waals surface area contributed by atoms with Crippen LogP contribution in [0.4, 0.5) is 15.8 Å². The van der Waals surface area contributed by atoms with Crippen molar-refractivity contribution in [1.29, 1.82) is 0 Å². The van der Waals surface area contributed by atoms with E-state index >= 15 is 0 Å². The van der Waals surface area contributed by atoms with Crippen molar-refractivity contribution in [2.24, 2.45) is 7.05 Å². The summed E-state index contributed by atoms with van der Waals surface area (Å²) in [6.45, 7) is 1.86. The lowest BCUT2D eigenvalue weighted by Crippen LogP contribution is -2.12. The van der Waals surface area contributed by atoms with E-state index in [1.54, 1.807) is 17.9 Å². The van der Waals surface area contributed by atoms with Crippen molar-refractivity contribution in [3.05, 3.63) is 52.1 Å². The molecule has 0 aliphatic carbocycles. The Morgan fingerprint density at radius 3 is 2.74 bits per heavy atom. The maximum absolute atomic E-state index is 13.7. The molecule has 100 valence electrons. The summed E-state index contributed by atoms with van der Waals surface area (Å²) in [5.41, 5.74) is 0.841. The Hall–Kier alpha value is -2.44. The minimum absolute atomic E-state index is 0.163. The molecule has 0 fully saturated rings. The molecule has 7 heteroatoms. The number of nitro benzene ring substituents is 1. The molecule has 0 aliphatic rings. The highest BCUT2D eigenvalue weighted by Gasteiger charge is 2.14. The van der Waals surface area contributed by atoms with Gasteiger partial charge in [0.1, 0.15) is 0 Å². The van der Waals surface area contributed by atoms with Crippen molar-refractivity contribution in [3.63, 3.8) is 0 Å². The predicted octanol–water partition coefficient (Wildman–Crippen LogP) is 2.64. The first-order valence-electron chi connectivity index (χ1n) is 5.67. The zero-order valence-corrected chi connectivity index (χ0v) is 10.5. The van der Waals surface area contributed by atoms with Crippen LogP contribution in [0, 0.1) is 15.9 Å². The van der Waals surface area contributed by atoms with E-state index in [0.29, 0.717) is 0 Å². The Balaban J connectivity index is 2.20. The number of nitro groups is 1. The number of hydrogen-bond acceptors (Lipinski definition) is 4. The summed E-state index contributed by atoms with van der Waals surface area (Å²) >= 11 is 0. The SMILES string of the molecule is CC(Nc1ccc([N+](=O)[O-])cc1F)c1ccnn1C. The zero-order chi connectivity index (χ0) is 14.0. The molecule has 6 nitrogen and oxygen atoms in total.